The van der Waals surface area contributed by atoms with E-state index in [0.29, 0.717) is 0 Å². The molecule has 51 heavy (non-hydrogen) atoms. The van der Waals surface area contributed by atoms with Crippen LogP contribution in [0.3, 0.4) is 0 Å². The molecule has 2 nitrogen and oxygen atoms in total. The van der Waals surface area contributed by atoms with Crippen molar-refractivity contribution in [2.45, 2.75) is 38.5 Å². The van der Waals surface area contributed by atoms with Crippen molar-refractivity contribution in [1.82, 2.24) is 9.97 Å². The first-order chi connectivity index (χ1) is 24.8. The topological polar surface area (TPSA) is 25.8 Å². The van der Waals surface area contributed by atoms with Gasteiger partial charge in [-0.15, -0.1) is 11.3 Å². The van der Waals surface area contributed by atoms with E-state index in [1.54, 1.807) is 0 Å². The van der Waals surface area contributed by atoms with E-state index < -0.39 is 0 Å². The second kappa shape index (κ2) is 10.9. The van der Waals surface area contributed by atoms with Gasteiger partial charge in [-0.1, -0.05) is 137 Å². The lowest BCUT2D eigenvalue weighted by Crippen LogP contribution is -2.43. The Balaban J connectivity index is 1.15. The standard InChI is InChI=1S/C48H36N2S/c1-47(2)38-22-19-29-13-11-12-18-34(29)44(38)37-28-43-36(27-39(37)48(47,3)4)35-25-32(21-24-42(35)51-43)33-20-23-40-41(26-33)50-46(31-16-9-6-10-17-31)45(49-40)30-14-7-5-8-15-30/h5-28H,1-4H3. The third-order valence-corrected chi connectivity index (χ3v) is 12.9. The van der Waals surface area contributed by atoms with Crippen molar-refractivity contribution in [3.8, 4) is 44.8 Å². The predicted octanol–water partition coefficient (Wildman–Crippen LogP) is 13.4. The number of rotatable bonds is 3. The zero-order valence-corrected chi connectivity index (χ0v) is 30.0. The number of fused-ring (bicyclic) bond motifs is 9. The molecule has 1 aliphatic rings. The third-order valence-electron chi connectivity index (χ3n) is 11.8. The lowest BCUT2D eigenvalue weighted by molar-refractivity contribution is 0.299. The van der Waals surface area contributed by atoms with E-state index in [2.05, 4.69) is 161 Å². The summed E-state index contributed by atoms with van der Waals surface area (Å²) >= 11 is 1.90. The lowest BCUT2D eigenvalue weighted by Gasteiger charge is -2.48. The first-order valence-electron chi connectivity index (χ1n) is 17.7. The number of aromatic nitrogens is 2. The van der Waals surface area contributed by atoms with Crippen molar-refractivity contribution in [1.29, 1.82) is 0 Å². The summed E-state index contributed by atoms with van der Waals surface area (Å²) in [6.07, 6.45) is 0. The molecule has 244 valence electrons. The zero-order valence-electron chi connectivity index (χ0n) is 29.2. The van der Waals surface area contributed by atoms with Crippen LogP contribution >= 0.6 is 11.3 Å². The Labute approximate surface area is 302 Å². The smallest absolute Gasteiger partial charge is 0.0973 e. The molecular formula is C48H36N2S. The number of hydrogen-bond donors (Lipinski definition) is 0. The molecule has 0 spiro atoms. The van der Waals surface area contributed by atoms with E-state index >= 15 is 0 Å². The van der Waals surface area contributed by atoms with Crippen molar-refractivity contribution in [3.63, 3.8) is 0 Å². The second-order valence-corrected chi connectivity index (χ2v) is 16.1. The summed E-state index contributed by atoms with van der Waals surface area (Å²) in [6, 6.07) is 52.8. The molecule has 0 bridgehead atoms. The van der Waals surface area contributed by atoms with E-state index in [1.807, 2.05) is 23.5 Å². The molecule has 7 aromatic carbocycles. The van der Waals surface area contributed by atoms with Crippen LogP contribution in [0.1, 0.15) is 38.8 Å². The Morgan fingerprint density at radius 1 is 0.431 bits per heavy atom. The van der Waals surface area contributed by atoms with Crippen molar-refractivity contribution in [2.75, 3.05) is 0 Å². The van der Waals surface area contributed by atoms with Gasteiger partial charge in [-0.3, -0.25) is 0 Å². The van der Waals surface area contributed by atoms with Gasteiger partial charge in [0.1, 0.15) is 0 Å². The molecule has 0 atom stereocenters. The summed E-state index contributed by atoms with van der Waals surface area (Å²) in [7, 11) is 0. The fourth-order valence-corrected chi connectivity index (χ4v) is 9.42. The van der Waals surface area contributed by atoms with Crippen LogP contribution in [-0.4, -0.2) is 9.97 Å². The van der Waals surface area contributed by atoms with Crippen LogP contribution in [-0.2, 0) is 10.8 Å². The van der Waals surface area contributed by atoms with Crippen molar-refractivity contribution < 1.29 is 0 Å². The Hall–Kier alpha value is -5.64. The summed E-state index contributed by atoms with van der Waals surface area (Å²) < 4.78 is 2.64. The molecule has 3 heteroatoms. The molecule has 0 N–H and O–H groups in total. The molecule has 2 heterocycles. The molecule has 0 radical (unpaired) electrons. The summed E-state index contributed by atoms with van der Waals surface area (Å²) in [5.41, 5.74) is 13.6. The van der Waals surface area contributed by atoms with E-state index in [1.165, 1.54) is 58.8 Å². The van der Waals surface area contributed by atoms with Gasteiger partial charge >= 0.3 is 0 Å². The molecule has 0 unspecified atom stereocenters. The first kappa shape index (κ1) is 30.2. The zero-order chi connectivity index (χ0) is 34.5. The maximum absolute atomic E-state index is 5.27. The van der Waals surface area contributed by atoms with Gasteiger partial charge in [-0.25, -0.2) is 9.97 Å². The normalized spacial score (nSPS) is 14.6. The second-order valence-electron chi connectivity index (χ2n) is 15.0. The molecule has 0 aliphatic heterocycles. The largest absolute Gasteiger partial charge is 0.244 e. The number of thiophene rings is 1. The summed E-state index contributed by atoms with van der Waals surface area (Å²) in [6.45, 7) is 9.70. The number of benzene rings is 7. The SMILES string of the molecule is CC1(C)c2cc3c(cc2-c2c(ccc4ccccc24)C1(C)C)sc1ccc(-c2ccc4nc(-c5ccccc5)c(-c5ccccc5)nc4c2)cc13. The monoisotopic (exact) mass is 672 g/mol. The first-order valence-corrected chi connectivity index (χ1v) is 18.6. The van der Waals surface area contributed by atoms with Crippen LogP contribution in [0.25, 0.3) is 86.7 Å². The van der Waals surface area contributed by atoms with Gasteiger partial charge in [0.05, 0.1) is 22.4 Å². The van der Waals surface area contributed by atoms with Gasteiger partial charge in [0.15, 0.2) is 0 Å². The molecule has 10 rings (SSSR count). The minimum absolute atomic E-state index is 0.0465. The van der Waals surface area contributed by atoms with Gasteiger partial charge in [0, 0.05) is 31.3 Å². The Kier molecular flexibility index (Phi) is 6.47. The van der Waals surface area contributed by atoms with Gasteiger partial charge < -0.3 is 0 Å². The predicted molar refractivity (Wildman–Crippen MR) is 218 cm³/mol. The highest BCUT2D eigenvalue weighted by molar-refractivity contribution is 7.25. The van der Waals surface area contributed by atoms with Crippen molar-refractivity contribution in [2.24, 2.45) is 0 Å². The molecule has 0 saturated carbocycles. The van der Waals surface area contributed by atoms with Crippen LogP contribution in [0, 0.1) is 0 Å². The quantitative estimate of drug-likeness (QED) is 0.187. The van der Waals surface area contributed by atoms with E-state index in [-0.39, 0.29) is 10.8 Å². The van der Waals surface area contributed by atoms with Gasteiger partial charge in [0.2, 0.25) is 0 Å². The molecule has 0 fully saturated rings. The summed E-state index contributed by atoms with van der Waals surface area (Å²) in [5, 5.41) is 5.28. The minimum Gasteiger partial charge on any atom is -0.244 e. The Bertz CT molecular complexity index is 2850. The minimum atomic E-state index is -0.0655. The average molecular weight is 673 g/mol. The Morgan fingerprint density at radius 2 is 1.04 bits per heavy atom. The molecule has 0 amide bonds. The van der Waals surface area contributed by atoms with Gasteiger partial charge in [0.25, 0.3) is 0 Å². The maximum atomic E-state index is 5.27. The van der Waals surface area contributed by atoms with E-state index in [4.69, 9.17) is 9.97 Å². The fourth-order valence-electron chi connectivity index (χ4n) is 8.31. The van der Waals surface area contributed by atoms with Crippen LogP contribution in [0.15, 0.2) is 146 Å². The van der Waals surface area contributed by atoms with Gasteiger partial charge in [-0.2, -0.15) is 0 Å². The van der Waals surface area contributed by atoms with Gasteiger partial charge in [-0.05, 0) is 91.4 Å². The molecule has 0 saturated heterocycles. The maximum Gasteiger partial charge on any atom is 0.0973 e. The van der Waals surface area contributed by atoms with Crippen molar-refractivity contribution >= 4 is 53.3 Å². The highest BCUT2D eigenvalue weighted by atomic mass is 32.1. The summed E-state index contributed by atoms with van der Waals surface area (Å²) in [4.78, 5) is 10.4. The third kappa shape index (κ3) is 4.48. The van der Waals surface area contributed by atoms with Crippen LogP contribution < -0.4 is 0 Å². The highest BCUT2D eigenvalue weighted by Crippen LogP contribution is 2.57. The molecular weight excluding hydrogens is 637 g/mol. The van der Waals surface area contributed by atoms with E-state index in [0.717, 1.165) is 39.1 Å². The van der Waals surface area contributed by atoms with Crippen molar-refractivity contribution in [3.05, 3.63) is 157 Å². The average Bonchev–Trinajstić information content (AvgIpc) is 3.53. The summed E-state index contributed by atoms with van der Waals surface area (Å²) in [5.74, 6) is 0. The van der Waals surface area contributed by atoms with Crippen LogP contribution in [0.2, 0.25) is 0 Å². The number of hydrogen-bond acceptors (Lipinski definition) is 3. The molecule has 2 aromatic heterocycles. The van der Waals surface area contributed by atoms with Crippen LogP contribution in [0.4, 0.5) is 0 Å². The molecule has 1 aliphatic carbocycles. The van der Waals surface area contributed by atoms with E-state index in [9.17, 15) is 0 Å². The van der Waals surface area contributed by atoms with Crippen LogP contribution in [0.5, 0.6) is 0 Å². The molecule has 9 aromatic rings. The fraction of sp³-hybridized carbons (Fsp3) is 0.125. The lowest BCUT2D eigenvalue weighted by atomic mass is 9.55. The number of nitrogens with zero attached hydrogens (tertiary/aromatic N) is 2. The Morgan fingerprint density at radius 3 is 1.78 bits per heavy atom. The highest BCUT2D eigenvalue weighted by Gasteiger charge is 2.46.